The van der Waals surface area contributed by atoms with E-state index in [1.54, 1.807) is 0 Å². The minimum Gasteiger partial charge on any atom is -0.478 e. The van der Waals surface area contributed by atoms with E-state index in [1.165, 1.54) is 24.3 Å². The summed E-state index contributed by atoms with van der Waals surface area (Å²) in [6.45, 7) is 0. The fourth-order valence-corrected chi connectivity index (χ4v) is 1.84. The van der Waals surface area contributed by atoms with E-state index in [4.69, 9.17) is 5.11 Å². The number of aromatic carboxylic acids is 1. The zero-order valence-electron chi connectivity index (χ0n) is 9.10. The quantitative estimate of drug-likeness (QED) is 0.908. The molecule has 2 rings (SSSR count). The van der Waals surface area contributed by atoms with Gasteiger partial charge in [0.15, 0.2) is 0 Å². The number of aromatic nitrogens is 2. The standard InChI is InChI=1S/C10H6F3N3O2S/c11-10(12,13)8-15-16-9(19-8)14-6-3-1-5(2-4-6)7(17)18/h1-4H,(H,14,16)(H,17,18). The van der Waals surface area contributed by atoms with E-state index in [0.29, 0.717) is 17.0 Å². The minimum atomic E-state index is -4.52. The molecule has 9 heteroatoms. The lowest BCUT2D eigenvalue weighted by Crippen LogP contribution is -2.03. The normalized spacial score (nSPS) is 11.3. The molecule has 5 nitrogen and oxygen atoms in total. The molecular weight excluding hydrogens is 283 g/mol. The Morgan fingerprint density at radius 3 is 2.32 bits per heavy atom. The van der Waals surface area contributed by atoms with Crippen LogP contribution in [0.4, 0.5) is 24.0 Å². The van der Waals surface area contributed by atoms with Gasteiger partial charge in [0.1, 0.15) is 0 Å². The van der Waals surface area contributed by atoms with Gasteiger partial charge in [-0.05, 0) is 24.3 Å². The van der Waals surface area contributed by atoms with Gasteiger partial charge in [0, 0.05) is 5.69 Å². The molecule has 0 aliphatic rings. The number of carbonyl (C=O) groups is 1. The number of alkyl halides is 3. The van der Waals surface area contributed by atoms with Gasteiger partial charge in [-0.15, -0.1) is 10.2 Å². The Kier molecular flexibility index (Phi) is 3.38. The van der Waals surface area contributed by atoms with Gasteiger partial charge in [0.2, 0.25) is 10.1 Å². The molecule has 0 bridgehead atoms. The highest BCUT2D eigenvalue weighted by Crippen LogP contribution is 2.33. The van der Waals surface area contributed by atoms with Crippen LogP contribution in [-0.2, 0) is 6.18 Å². The van der Waals surface area contributed by atoms with Crippen molar-refractivity contribution >= 4 is 28.1 Å². The fourth-order valence-electron chi connectivity index (χ4n) is 1.21. The smallest absolute Gasteiger partial charge is 0.445 e. The van der Waals surface area contributed by atoms with Crippen molar-refractivity contribution in [1.82, 2.24) is 10.2 Å². The highest BCUT2D eigenvalue weighted by Gasteiger charge is 2.35. The van der Waals surface area contributed by atoms with Crippen molar-refractivity contribution in [2.75, 3.05) is 5.32 Å². The first kappa shape index (κ1) is 13.3. The van der Waals surface area contributed by atoms with E-state index in [2.05, 4.69) is 15.5 Å². The Bertz CT molecular complexity index is 595. The summed E-state index contributed by atoms with van der Waals surface area (Å²) in [6, 6.07) is 5.52. The Labute approximate surface area is 108 Å². The van der Waals surface area contributed by atoms with Crippen molar-refractivity contribution in [3.63, 3.8) is 0 Å². The number of nitrogens with zero attached hydrogens (tertiary/aromatic N) is 2. The van der Waals surface area contributed by atoms with Crippen LogP contribution in [0, 0.1) is 0 Å². The number of anilines is 2. The highest BCUT2D eigenvalue weighted by atomic mass is 32.1. The van der Waals surface area contributed by atoms with Gasteiger partial charge in [0.25, 0.3) is 0 Å². The number of rotatable bonds is 3. The van der Waals surface area contributed by atoms with Gasteiger partial charge in [-0.25, -0.2) is 4.79 Å². The van der Waals surface area contributed by atoms with Crippen LogP contribution in [0.2, 0.25) is 0 Å². The predicted molar refractivity (Wildman–Crippen MR) is 61.6 cm³/mol. The van der Waals surface area contributed by atoms with Crippen LogP contribution in [0.15, 0.2) is 24.3 Å². The molecule has 0 radical (unpaired) electrons. The molecule has 0 unspecified atom stereocenters. The molecule has 1 heterocycles. The third kappa shape index (κ3) is 3.19. The molecule has 0 aliphatic heterocycles. The predicted octanol–water partition coefficient (Wildman–Crippen LogP) is 3.00. The van der Waals surface area contributed by atoms with Gasteiger partial charge in [0.05, 0.1) is 5.56 Å². The molecule has 0 saturated carbocycles. The number of hydrogen-bond acceptors (Lipinski definition) is 5. The highest BCUT2D eigenvalue weighted by molar-refractivity contribution is 7.15. The van der Waals surface area contributed by atoms with Gasteiger partial charge in [-0.1, -0.05) is 11.3 Å². The summed E-state index contributed by atoms with van der Waals surface area (Å²) >= 11 is 0.371. The molecule has 2 aromatic rings. The lowest BCUT2D eigenvalue weighted by atomic mass is 10.2. The molecule has 0 saturated heterocycles. The Morgan fingerprint density at radius 1 is 1.21 bits per heavy atom. The molecule has 1 aromatic heterocycles. The van der Waals surface area contributed by atoms with E-state index in [-0.39, 0.29) is 10.7 Å². The number of carboxylic acids is 1. The second-order valence-corrected chi connectivity index (χ2v) is 4.40. The Balaban J connectivity index is 2.13. The maximum absolute atomic E-state index is 12.3. The first-order valence-corrected chi connectivity index (χ1v) is 5.69. The average molecular weight is 289 g/mol. The third-order valence-electron chi connectivity index (χ3n) is 2.05. The van der Waals surface area contributed by atoms with E-state index >= 15 is 0 Å². The first-order chi connectivity index (χ1) is 8.86. The van der Waals surface area contributed by atoms with Crippen molar-refractivity contribution in [3.05, 3.63) is 34.8 Å². The van der Waals surface area contributed by atoms with Crippen LogP contribution in [-0.4, -0.2) is 21.3 Å². The maximum atomic E-state index is 12.3. The third-order valence-corrected chi connectivity index (χ3v) is 2.93. The number of benzene rings is 1. The van der Waals surface area contributed by atoms with Gasteiger partial charge in [-0.2, -0.15) is 13.2 Å². The fraction of sp³-hybridized carbons (Fsp3) is 0.100. The van der Waals surface area contributed by atoms with Crippen LogP contribution in [0.5, 0.6) is 0 Å². The van der Waals surface area contributed by atoms with Crippen LogP contribution in [0.25, 0.3) is 0 Å². The summed E-state index contributed by atoms with van der Waals surface area (Å²) in [5.74, 6) is -1.08. The van der Waals surface area contributed by atoms with Crippen LogP contribution >= 0.6 is 11.3 Å². The SMILES string of the molecule is O=C(O)c1ccc(Nc2nnc(C(F)(F)F)s2)cc1. The molecule has 0 aliphatic carbocycles. The zero-order chi connectivity index (χ0) is 14.0. The summed E-state index contributed by atoms with van der Waals surface area (Å²) in [5.41, 5.74) is 0.508. The Morgan fingerprint density at radius 2 is 1.84 bits per heavy atom. The van der Waals surface area contributed by atoms with Crippen molar-refractivity contribution < 1.29 is 23.1 Å². The van der Waals surface area contributed by atoms with E-state index < -0.39 is 17.2 Å². The Hall–Kier alpha value is -2.16. The van der Waals surface area contributed by atoms with E-state index in [0.717, 1.165) is 0 Å². The molecule has 0 amide bonds. The van der Waals surface area contributed by atoms with Crippen LogP contribution in [0.1, 0.15) is 15.4 Å². The molecule has 0 spiro atoms. The molecule has 2 N–H and O–H groups in total. The molecule has 100 valence electrons. The lowest BCUT2D eigenvalue weighted by molar-refractivity contribution is -0.138. The average Bonchev–Trinajstić information content (AvgIpc) is 2.78. The number of carboxylic acid groups (broad SMARTS) is 1. The first-order valence-electron chi connectivity index (χ1n) is 4.87. The van der Waals surface area contributed by atoms with Crippen LogP contribution < -0.4 is 5.32 Å². The number of nitrogens with one attached hydrogen (secondary N) is 1. The minimum absolute atomic E-state index is 0.0181. The topological polar surface area (TPSA) is 75.1 Å². The van der Waals surface area contributed by atoms with Gasteiger partial charge >= 0.3 is 12.1 Å². The number of hydrogen-bond donors (Lipinski definition) is 2. The van der Waals surface area contributed by atoms with E-state index in [9.17, 15) is 18.0 Å². The van der Waals surface area contributed by atoms with Crippen molar-refractivity contribution in [1.29, 1.82) is 0 Å². The van der Waals surface area contributed by atoms with E-state index in [1.807, 2.05) is 0 Å². The largest absolute Gasteiger partial charge is 0.478 e. The maximum Gasteiger partial charge on any atom is 0.445 e. The molecule has 0 fully saturated rings. The van der Waals surface area contributed by atoms with Crippen LogP contribution in [0.3, 0.4) is 0 Å². The van der Waals surface area contributed by atoms with Crippen molar-refractivity contribution in [2.24, 2.45) is 0 Å². The van der Waals surface area contributed by atoms with Gasteiger partial charge in [-0.3, -0.25) is 0 Å². The monoisotopic (exact) mass is 289 g/mol. The summed E-state index contributed by atoms with van der Waals surface area (Å²) in [7, 11) is 0. The summed E-state index contributed by atoms with van der Waals surface area (Å²) in [5, 5.41) is 16.6. The summed E-state index contributed by atoms with van der Waals surface area (Å²) < 4.78 is 36.9. The summed E-state index contributed by atoms with van der Waals surface area (Å²) in [6.07, 6.45) is -4.52. The molecular formula is C10H6F3N3O2S. The van der Waals surface area contributed by atoms with Crippen molar-refractivity contribution in [2.45, 2.75) is 6.18 Å². The lowest BCUT2D eigenvalue weighted by Gasteiger charge is -2.02. The number of halogens is 3. The van der Waals surface area contributed by atoms with Gasteiger partial charge < -0.3 is 10.4 Å². The molecule has 1 aromatic carbocycles. The molecule has 0 atom stereocenters. The van der Waals surface area contributed by atoms with Crippen molar-refractivity contribution in [3.8, 4) is 0 Å². The second-order valence-electron chi connectivity index (χ2n) is 3.42. The second kappa shape index (κ2) is 4.84. The summed E-state index contributed by atoms with van der Waals surface area (Å²) in [4.78, 5) is 10.6. The zero-order valence-corrected chi connectivity index (χ0v) is 9.92. The molecule has 19 heavy (non-hydrogen) atoms.